The Morgan fingerprint density at radius 1 is 1.43 bits per heavy atom. The van der Waals surface area contributed by atoms with Crippen molar-refractivity contribution in [2.75, 3.05) is 20.7 Å². The predicted molar refractivity (Wildman–Crippen MR) is 82.1 cm³/mol. The molecule has 0 spiro atoms. The number of rotatable bonds is 1. The van der Waals surface area contributed by atoms with Crippen LogP contribution in [0.1, 0.15) is 34.7 Å². The lowest BCUT2D eigenvalue weighted by Gasteiger charge is -2.48. The highest BCUT2D eigenvalue weighted by Crippen LogP contribution is 2.49. The minimum Gasteiger partial charge on any atom is -0.633 e. The summed E-state index contributed by atoms with van der Waals surface area (Å²) < 4.78 is 10.4. The van der Waals surface area contributed by atoms with Gasteiger partial charge in [-0.1, -0.05) is 6.08 Å². The first-order chi connectivity index (χ1) is 10.9. The molecule has 1 saturated heterocycles. The number of benzene rings is 1. The van der Waals surface area contributed by atoms with Crippen LogP contribution in [0.4, 0.5) is 0 Å². The number of aromatic hydroxyl groups is 1. The summed E-state index contributed by atoms with van der Waals surface area (Å²) in [7, 11) is 3.15. The largest absolute Gasteiger partial charge is 0.633 e. The third-order valence-electron chi connectivity index (χ3n) is 5.35. The molecule has 3 aliphatic rings. The Morgan fingerprint density at radius 2 is 2.22 bits per heavy atom. The van der Waals surface area contributed by atoms with Gasteiger partial charge in [-0.25, -0.2) is 4.79 Å². The topological polar surface area (TPSA) is 78.8 Å². The van der Waals surface area contributed by atoms with Gasteiger partial charge in [-0.15, -0.1) is 0 Å². The summed E-state index contributed by atoms with van der Waals surface area (Å²) in [5.41, 5.74) is 2.23. The number of nitrogens with zero attached hydrogens (tertiary/aromatic N) is 1. The van der Waals surface area contributed by atoms with Crippen LogP contribution in [0.5, 0.6) is 11.5 Å². The standard InChI is InChI=1S/C17H19NO5/c1-18(21)6-5-9-3-4-13-15(16(9)18)10-8-14(22-2)12(19)7-11(10)17(20)23-13/h3,7-8,13,15-16,19H,4-6H2,1-2H3/t13-,15-,16-,18-/m1/s1. The molecule has 0 aromatic heterocycles. The highest BCUT2D eigenvalue weighted by atomic mass is 16.6. The molecule has 0 saturated carbocycles. The van der Waals surface area contributed by atoms with Crippen molar-refractivity contribution >= 4 is 5.97 Å². The molecule has 4 rings (SSSR count). The number of esters is 1. The van der Waals surface area contributed by atoms with Crippen molar-refractivity contribution in [1.82, 2.24) is 0 Å². The van der Waals surface area contributed by atoms with Crippen LogP contribution in [0.3, 0.4) is 0 Å². The van der Waals surface area contributed by atoms with Gasteiger partial charge in [0, 0.05) is 12.8 Å². The number of hydrogen-bond acceptors (Lipinski definition) is 5. The first-order valence-electron chi connectivity index (χ1n) is 7.79. The lowest BCUT2D eigenvalue weighted by molar-refractivity contribution is -0.872. The molecule has 0 bridgehead atoms. The van der Waals surface area contributed by atoms with Gasteiger partial charge in [-0.2, -0.15) is 0 Å². The van der Waals surface area contributed by atoms with E-state index >= 15 is 0 Å². The minimum atomic E-state index is -0.450. The maximum absolute atomic E-state index is 12.9. The number of quaternary nitrogens is 1. The van der Waals surface area contributed by atoms with Crippen LogP contribution in [-0.4, -0.2) is 48.6 Å². The van der Waals surface area contributed by atoms with Gasteiger partial charge >= 0.3 is 5.97 Å². The SMILES string of the molecule is COc1cc2c(cc1O)C(=O)O[C@@H]1CC=C3CC[N@@+](C)([O-])[C@H]3[C@H]21. The van der Waals surface area contributed by atoms with Gasteiger partial charge in [0.15, 0.2) is 11.5 Å². The zero-order chi connectivity index (χ0) is 16.4. The number of phenolic OH excluding ortho intramolecular Hbond substituents is 1. The van der Waals surface area contributed by atoms with E-state index in [0.717, 1.165) is 17.6 Å². The molecule has 6 heteroatoms. The number of fused-ring (bicyclic) bond motifs is 5. The van der Waals surface area contributed by atoms with E-state index in [-0.39, 0.29) is 28.5 Å². The van der Waals surface area contributed by atoms with E-state index in [1.807, 2.05) is 0 Å². The predicted octanol–water partition coefficient (Wildman–Crippen LogP) is 2.07. The third kappa shape index (κ3) is 1.98. The summed E-state index contributed by atoms with van der Waals surface area (Å²) in [5, 5.41) is 22.9. The van der Waals surface area contributed by atoms with Gasteiger partial charge in [0.1, 0.15) is 12.1 Å². The highest BCUT2D eigenvalue weighted by molar-refractivity contribution is 5.93. The zero-order valence-electron chi connectivity index (χ0n) is 13.1. The second kappa shape index (κ2) is 4.72. The van der Waals surface area contributed by atoms with Crippen LogP contribution in [0.15, 0.2) is 23.8 Å². The van der Waals surface area contributed by atoms with E-state index in [4.69, 9.17) is 9.47 Å². The Bertz CT molecular complexity index is 724. The van der Waals surface area contributed by atoms with E-state index in [1.54, 1.807) is 13.1 Å². The fourth-order valence-electron chi connectivity index (χ4n) is 4.29. The number of hydroxylamine groups is 3. The molecule has 1 fully saturated rings. The second-order valence-corrected chi connectivity index (χ2v) is 6.69. The Labute approximate surface area is 134 Å². The summed E-state index contributed by atoms with van der Waals surface area (Å²) in [6, 6.07) is 2.83. The van der Waals surface area contributed by atoms with Crippen molar-refractivity contribution in [2.45, 2.75) is 30.9 Å². The Hall–Kier alpha value is -2.05. The van der Waals surface area contributed by atoms with Crippen LogP contribution < -0.4 is 4.74 Å². The molecule has 0 radical (unpaired) electrons. The average Bonchev–Trinajstić information content (AvgIpc) is 2.82. The normalized spacial score (nSPS) is 34.8. The smallest absolute Gasteiger partial charge is 0.338 e. The number of ether oxygens (including phenoxy) is 2. The number of methoxy groups -OCH3 is 1. The van der Waals surface area contributed by atoms with Gasteiger partial charge in [0.05, 0.1) is 32.2 Å². The third-order valence-corrected chi connectivity index (χ3v) is 5.35. The molecule has 4 atom stereocenters. The molecular formula is C17H19NO5. The average molecular weight is 317 g/mol. The zero-order valence-corrected chi connectivity index (χ0v) is 13.1. The quantitative estimate of drug-likeness (QED) is 0.371. The molecule has 23 heavy (non-hydrogen) atoms. The van der Waals surface area contributed by atoms with Crippen molar-refractivity contribution in [3.05, 3.63) is 40.1 Å². The Morgan fingerprint density at radius 3 is 2.96 bits per heavy atom. The van der Waals surface area contributed by atoms with Gasteiger partial charge < -0.3 is 24.4 Å². The van der Waals surface area contributed by atoms with Crippen LogP contribution in [-0.2, 0) is 4.74 Å². The summed E-state index contributed by atoms with van der Waals surface area (Å²) >= 11 is 0. The summed E-state index contributed by atoms with van der Waals surface area (Å²) in [6.07, 6.45) is 3.14. The number of likely N-dealkylation sites (tertiary alicyclic amines) is 1. The molecular weight excluding hydrogens is 298 g/mol. The van der Waals surface area contributed by atoms with Gasteiger partial charge in [-0.3, -0.25) is 0 Å². The van der Waals surface area contributed by atoms with Crippen molar-refractivity contribution < 1.29 is 24.0 Å². The minimum absolute atomic E-state index is 0.0981. The lowest BCUT2D eigenvalue weighted by Crippen LogP contribution is -2.52. The van der Waals surface area contributed by atoms with Crippen molar-refractivity contribution in [3.63, 3.8) is 0 Å². The molecule has 1 aromatic carbocycles. The molecule has 2 aliphatic heterocycles. The molecule has 1 N–H and O–H groups in total. The summed E-state index contributed by atoms with van der Waals surface area (Å²) in [6.45, 7) is 0.540. The first kappa shape index (κ1) is 14.5. The maximum Gasteiger partial charge on any atom is 0.338 e. The number of phenols is 1. The Kier molecular flexibility index (Phi) is 2.98. The first-order valence-corrected chi connectivity index (χ1v) is 7.79. The summed E-state index contributed by atoms with van der Waals surface area (Å²) in [5.74, 6) is -0.429. The van der Waals surface area contributed by atoms with E-state index in [1.165, 1.54) is 13.2 Å². The second-order valence-electron chi connectivity index (χ2n) is 6.69. The van der Waals surface area contributed by atoms with E-state index < -0.39 is 5.97 Å². The molecule has 1 aromatic rings. The van der Waals surface area contributed by atoms with Crippen molar-refractivity contribution in [3.8, 4) is 11.5 Å². The lowest BCUT2D eigenvalue weighted by atomic mass is 9.74. The van der Waals surface area contributed by atoms with E-state index in [9.17, 15) is 15.1 Å². The van der Waals surface area contributed by atoms with Crippen molar-refractivity contribution in [1.29, 1.82) is 0 Å². The van der Waals surface area contributed by atoms with Crippen LogP contribution in [0.2, 0.25) is 0 Å². The maximum atomic E-state index is 12.9. The fourth-order valence-corrected chi connectivity index (χ4v) is 4.29. The monoisotopic (exact) mass is 317 g/mol. The molecule has 6 nitrogen and oxygen atoms in total. The molecule has 122 valence electrons. The molecule has 0 amide bonds. The van der Waals surface area contributed by atoms with E-state index in [0.29, 0.717) is 24.3 Å². The van der Waals surface area contributed by atoms with Crippen LogP contribution in [0, 0.1) is 5.21 Å². The van der Waals surface area contributed by atoms with Gasteiger partial charge in [0.2, 0.25) is 0 Å². The number of hydrogen-bond donors (Lipinski definition) is 1. The number of carbonyl (C=O) groups excluding carboxylic acids is 1. The fraction of sp³-hybridized carbons (Fsp3) is 0.471. The number of carbonyl (C=O) groups is 1. The Balaban J connectivity index is 1.90. The highest BCUT2D eigenvalue weighted by Gasteiger charge is 2.51. The summed E-state index contributed by atoms with van der Waals surface area (Å²) in [4.78, 5) is 12.3. The van der Waals surface area contributed by atoms with E-state index in [2.05, 4.69) is 6.08 Å². The van der Waals surface area contributed by atoms with Gasteiger partial charge in [0.25, 0.3) is 0 Å². The number of likely N-dealkylation sites (N-methyl/N-ethyl adjacent to an activating group) is 1. The van der Waals surface area contributed by atoms with Crippen LogP contribution >= 0.6 is 0 Å². The van der Waals surface area contributed by atoms with Gasteiger partial charge in [-0.05, 0) is 23.3 Å². The molecule has 1 aliphatic carbocycles. The van der Waals surface area contributed by atoms with Crippen molar-refractivity contribution in [2.24, 2.45) is 0 Å². The molecule has 0 unspecified atom stereocenters. The van der Waals surface area contributed by atoms with Crippen LogP contribution in [0.25, 0.3) is 0 Å². The molecule has 2 heterocycles.